The Kier molecular flexibility index (Phi) is 4.73. The van der Waals surface area contributed by atoms with Crippen LogP contribution in [-0.2, 0) is 17.2 Å². The first kappa shape index (κ1) is 16.1. The van der Waals surface area contributed by atoms with E-state index in [1.165, 1.54) is 6.21 Å². The summed E-state index contributed by atoms with van der Waals surface area (Å²) in [5, 5.41) is -0.516. The predicted molar refractivity (Wildman–Crippen MR) is 69.7 cm³/mol. The molecule has 106 valence electrons. The third-order valence-electron chi connectivity index (χ3n) is 1.95. The highest BCUT2D eigenvalue weighted by atomic mass is 35.5. The second-order valence-corrected chi connectivity index (χ2v) is 7.03. The van der Waals surface area contributed by atoms with Crippen LogP contribution in [-0.4, -0.2) is 20.2 Å². The minimum atomic E-state index is -4.60. The fourth-order valence-corrected chi connectivity index (χ4v) is 1.81. The molecular formula is C11H12ClF3N2OS. The predicted octanol–water partition coefficient (Wildman–Crippen LogP) is 3.63. The molecule has 0 radical (unpaired) electrons. The molecule has 0 fully saturated rings. The molecule has 1 rings (SSSR count). The number of nitrogens with zero attached hydrogens (tertiary/aromatic N) is 2. The van der Waals surface area contributed by atoms with Crippen LogP contribution in [0.25, 0.3) is 0 Å². The van der Waals surface area contributed by atoms with E-state index in [0.717, 1.165) is 12.3 Å². The minimum absolute atomic E-state index is 0.260. The van der Waals surface area contributed by atoms with Crippen molar-refractivity contribution in [1.82, 2.24) is 4.98 Å². The van der Waals surface area contributed by atoms with Crippen LogP contribution in [0.3, 0.4) is 0 Å². The van der Waals surface area contributed by atoms with Crippen LogP contribution in [0.4, 0.5) is 13.2 Å². The maximum Gasteiger partial charge on any atom is 0.434 e. The summed E-state index contributed by atoms with van der Waals surface area (Å²) in [5.74, 6) is 0. The Morgan fingerprint density at radius 1 is 1.37 bits per heavy atom. The lowest BCUT2D eigenvalue weighted by atomic mass is 10.2. The van der Waals surface area contributed by atoms with Gasteiger partial charge in [0.25, 0.3) is 0 Å². The lowest BCUT2D eigenvalue weighted by Gasteiger charge is -2.12. The number of hydrogen-bond donors (Lipinski definition) is 0. The molecule has 1 atom stereocenters. The number of rotatable bonds is 2. The number of hydrogen-bond acceptors (Lipinski definition) is 2. The van der Waals surface area contributed by atoms with Crippen LogP contribution < -0.4 is 0 Å². The molecule has 8 heteroatoms. The topological polar surface area (TPSA) is 42.3 Å². The summed E-state index contributed by atoms with van der Waals surface area (Å²) in [6.45, 7) is 5.20. The number of alkyl halides is 3. The Morgan fingerprint density at radius 2 is 1.95 bits per heavy atom. The lowest BCUT2D eigenvalue weighted by Crippen LogP contribution is -2.19. The molecule has 0 N–H and O–H groups in total. The van der Waals surface area contributed by atoms with E-state index >= 15 is 0 Å². The smallest absolute Gasteiger partial charge is 0.250 e. The quantitative estimate of drug-likeness (QED) is 0.782. The molecule has 0 amide bonds. The Labute approximate surface area is 116 Å². The molecule has 0 saturated carbocycles. The summed E-state index contributed by atoms with van der Waals surface area (Å²) >= 11 is 5.50. The number of halogens is 4. The second kappa shape index (κ2) is 5.58. The summed E-state index contributed by atoms with van der Waals surface area (Å²) in [7, 11) is -1.49. The molecule has 0 saturated heterocycles. The van der Waals surface area contributed by atoms with Crippen molar-refractivity contribution in [1.29, 1.82) is 0 Å². The third kappa shape index (κ3) is 4.58. The summed E-state index contributed by atoms with van der Waals surface area (Å²) in [5.41, 5.74) is -0.890. The van der Waals surface area contributed by atoms with Gasteiger partial charge in [-0.2, -0.15) is 17.6 Å². The van der Waals surface area contributed by atoms with Gasteiger partial charge in [0.15, 0.2) is 5.69 Å². The average Bonchev–Trinajstić information content (AvgIpc) is 2.22. The second-order valence-electron chi connectivity index (χ2n) is 4.69. The number of aromatic nitrogens is 1. The summed E-state index contributed by atoms with van der Waals surface area (Å²) in [4.78, 5) is 3.24. The van der Waals surface area contributed by atoms with Crippen LogP contribution in [0.2, 0.25) is 5.02 Å². The molecule has 0 bridgehead atoms. The van der Waals surface area contributed by atoms with Crippen LogP contribution in [0.1, 0.15) is 32.0 Å². The molecule has 0 spiro atoms. The van der Waals surface area contributed by atoms with E-state index in [9.17, 15) is 17.4 Å². The van der Waals surface area contributed by atoms with Crippen molar-refractivity contribution in [2.24, 2.45) is 4.40 Å². The van der Waals surface area contributed by atoms with E-state index in [4.69, 9.17) is 11.6 Å². The Hall–Kier alpha value is -0.950. The van der Waals surface area contributed by atoms with Crippen molar-refractivity contribution in [3.8, 4) is 0 Å². The standard InChI is InChI=1S/C11H12ClF3N2OS/c1-10(2,3)19(18)17-6-7-4-8(12)9(16-5-7)11(13,14)15/h4-6H,1-3H3/t19-/m1/s1. The van der Waals surface area contributed by atoms with Gasteiger partial charge >= 0.3 is 6.18 Å². The molecule has 1 aromatic rings. The molecular weight excluding hydrogens is 301 g/mol. The van der Waals surface area contributed by atoms with Crippen molar-refractivity contribution in [3.05, 3.63) is 28.5 Å². The molecule has 0 aliphatic heterocycles. The highest BCUT2D eigenvalue weighted by Gasteiger charge is 2.35. The van der Waals surface area contributed by atoms with Gasteiger partial charge in [-0.3, -0.25) is 0 Å². The zero-order chi connectivity index (χ0) is 14.8. The van der Waals surface area contributed by atoms with Crippen molar-refractivity contribution < 1.29 is 17.4 Å². The Bertz CT molecular complexity index is 524. The van der Waals surface area contributed by atoms with Gasteiger partial charge in [-0.05, 0) is 26.8 Å². The molecule has 0 aliphatic rings. The van der Waals surface area contributed by atoms with Crippen molar-refractivity contribution in [3.63, 3.8) is 0 Å². The van der Waals surface area contributed by atoms with Gasteiger partial charge in [-0.1, -0.05) is 11.6 Å². The molecule has 3 nitrogen and oxygen atoms in total. The summed E-state index contributed by atoms with van der Waals surface area (Å²) < 4.78 is 52.1. The Morgan fingerprint density at radius 3 is 2.37 bits per heavy atom. The largest absolute Gasteiger partial charge is 0.434 e. The van der Waals surface area contributed by atoms with Gasteiger partial charge in [0, 0.05) is 18.0 Å². The van der Waals surface area contributed by atoms with E-state index < -0.39 is 32.6 Å². The van der Waals surface area contributed by atoms with E-state index in [1.807, 2.05) is 0 Å². The molecule has 0 aromatic carbocycles. The van der Waals surface area contributed by atoms with E-state index in [1.54, 1.807) is 20.8 Å². The first-order chi connectivity index (χ1) is 8.51. The molecule has 1 heterocycles. The van der Waals surface area contributed by atoms with Crippen molar-refractivity contribution >= 4 is 28.8 Å². The van der Waals surface area contributed by atoms with Crippen LogP contribution in [0.15, 0.2) is 16.7 Å². The molecule has 1 aromatic heterocycles. The van der Waals surface area contributed by atoms with Gasteiger partial charge in [-0.25, -0.2) is 9.19 Å². The van der Waals surface area contributed by atoms with Gasteiger partial charge < -0.3 is 0 Å². The Balaban J connectivity index is 2.98. The fourth-order valence-electron chi connectivity index (χ4n) is 0.999. The fraction of sp³-hybridized carbons (Fsp3) is 0.455. The number of pyridine rings is 1. The first-order valence-electron chi connectivity index (χ1n) is 5.20. The third-order valence-corrected chi connectivity index (χ3v) is 3.58. The van der Waals surface area contributed by atoms with E-state index in [2.05, 4.69) is 9.38 Å². The zero-order valence-electron chi connectivity index (χ0n) is 10.5. The summed E-state index contributed by atoms with van der Waals surface area (Å²) in [6.07, 6.45) is -2.42. The highest BCUT2D eigenvalue weighted by Crippen LogP contribution is 2.32. The average molecular weight is 313 g/mol. The van der Waals surface area contributed by atoms with Gasteiger partial charge in [0.05, 0.1) is 9.77 Å². The van der Waals surface area contributed by atoms with Gasteiger partial charge in [-0.15, -0.1) is 0 Å². The summed E-state index contributed by atoms with van der Waals surface area (Å²) in [6, 6.07) is 1.08. The van der Waals surface area contributed by atoms with Gasteiger partial charge in [0.1, 0.15) is 11.0 Å². The van der Waals surface area contributed by atoms with Crippen LogP contribution in [0.5, 0.6) is 0 Å². The highest BCUT2D eigenvalue weighted by molar-refractivity contribution is 7.85. The lowest BCUT2D eigenvalue weighted by molar-refractivity contribution is -0.141. The molecule has 0 aliphatic carbocycles. The van der Waals surface area contributed by atoms with E-state index in [-0.39, 0.29) is 5.56 Å². The van der Waals surface area contributed by atoms with Crippen molar-refractivity contribution in [2.45, 2.75) is 31.7 Å². The normalized spacial score (nSPS) is 14.9. The van der Waals surface area contributed by atoms with Gasteiger partial charge in [0.2, 0.25) is 0 Å². The first-order valence-corrected chi connectivity index (χ1v) is 6.69. The van der Waals surface area contributed by atoms with Crippen LogP contribution >= 0.6 is 11.6 Å². The monoisotopic (exact) mass is 312 g/mol. The zero-order valence-corrected chi connectivity index (χ0v) is 12.0. The molecule has 0 unspecified atom stereocenters. The minimum Gasteiger partial charge on any atom is -0.250 e. The maximum absolute atomic E-state index is 12.4. The maximum atomic E-state index is 12.4. The molecule has 19 heavy (non-hydrogen) atoms. The van der Waals surface area contributed by atoms with Crippen molar-refractivity contribution in [2.75, 3.05) is 0 Å². The SMILES string of the molecule is CC(C)(C)[S@@](=O)N=Cc1cnc(C(F)(F)F)c(Cl)c1. The van der Waals surface area contributed by atoms with E-state index in [0.29, 0.717) is 0 Å². The van der Waals surface area contributed by atoms with Crippen LogP contribution in [0, 0.1) is 0 Å².